The van der Waals surface area contributed by atoms with Crippen LogP contribution in [0.2, 0.25) is 5.02 Å². The third-order valence-corrected chi connectivity index (χ3v) is 6.12. The summed E-state index contributed by atoms with van der Waals surface area (Å²) in [6.07, 6.45) is 1.30. The van der Waals surface area contributed by atoms with Gasteiger partial charge in [-0.05, 0) is 62.2 Å². The maximum atomic E-state index is 12.6. The minimum absolute atomic E-state index is 0.230. The van der Waals surface area contributed by atoms with Crippen molar-refractivity contribution in [1.82, 2.24) is 10.2 Å². The Morgan fingerprint density at radius 3 is 2.48 bits per heavy atom. The van der Waals surface area contributed by atoms with E-state index in [9.17, 15) is 9.90 Å². The summed E-state index contributed by atoms with van der Waals surface area (Å²) in [7, 11) is 3.11. The lowest BCUT2D eigenvalue weighted by Crippen LogP contribution is -2.42. The first-order chi connectivity index (χ1) is 15.9. The van der Waals surface area contributed by atoms with Gasteiger partial charge in [0.25, 0.3) is 5.91 Å². The molecular weight excluding hydrogens is 446 g/mol. The Bertz CT molecular complexity index is 917. The van der Waals surface area contributed by atoms with Crippen molar-refractivity contribution in [2.45, 2.75) is 18.9 Å². The molecule has 1 aliphatic rings. The molecule has 1 saturated heterocycles. The number of hydrogen-bond acceptors (Lipinski definition) is 7. The number of carbonyl (C=O) groups is 1. The number of piperidine rings is 1. The normalized spacial score (nSPS) is 15.6. The lowest BCUT2D eigenvalue weighted by Gasteiger charge is -2.33. The highest BCUT2D eigenvalue weighted by atomic mass is 35.5. The number of β-amino-alcohol motifs (C(OH)–C–C–N with tert-alkyl or cyclic N) is 1. The lowest BCUT2D eigenvalue weighted by molar-refractivity contribution is 0.0548. The number of carbonyl (C=O) groups excluding carboxylic acids is 1. The predicted molar refractivity (Wildman–Crippen MR) is 128 cm³/mol. The average Bonchev–Trinajstić information content (AvgIpc) is 2.83. The van der Waals surface area contributed by atoms with Crippen molar-refractivity contribution in [1.29, 1.82) is 0 Å². The highest BCUT2D eigenvalue weighted by Gasteiger charge is 2.23. The van der Waals surface area contributed by atoms with Gasteiger partial charge in [-0.25, -0.2) is 0 Å². The van der Waals surface area contributed by atoms with Gasteiger partial charge in [-0.1, -0.05) is 11.6 Å². The summed E-state index contributed by atoms with van der Waals surface area (Å²) in [6, 6.07) is 10.4. The first-order valence-electron chi connectivity index (χ1n) is 11.0. The molecule has 0 saturated carbocycles. The zero-order valence-electron chi connectivity index (χ0n) is 19.1. The molecule has 0 spiro atoms. The van der Waals surface area contributed by atoms with E-state index < -0.39 is 6.10 Å². The van der Waals surface area contributed by atoms with Gasteiger partial charge in [0.05, 0.1) is 30.5 Å². The summed E-state index contributed by atoms with van der Waals surface area (Å²) in [5, 5.41) is 13.6. The fraction of sp³-hybridized carbons (Fsp3) is 0.458. The largest absolute Gasteiger partial charge is 0.497 e. The predicted octanol–water partition coefficient (Wildman–Crippen LogP) is 2.82. The van der Waals surface area contributed by atoms with Crippen LogP contribution in [0.25, 0.3) is 0 Å². The number of hydrogen-bond donors (Lipinski definition) is 3. The van der Waals surface area contributed by atoms with E-state index in [0.717, 1.165) is 31.7 Å². The molecule has 180 valence electrons. The zero-order chi connectivity index (χ0) is 23.8. The summed E-state index contributed by atoms with van der Waals surface area (Å²) < 4.78 is 16.0. The van der Waals surface area contributed by atoms with Crippen LogP contribution in [0.4, 0.5) is 5.69 Å². The molecule has 9 heteroatoms. The number of likely N-dealkylation sites (tertiary alicyclic amines) is 1. The van der Waals surface area contributed by atoms with Gasteiger partial charge < -0.3 is 35.3 Å². The minimum Gasteiger partial charge on any atom is -0.497 e. The first kappa shape index (κ1) is 25.0. The van der Waals surface area contributed by atoms with Crippen molar-refractivity contribution in [3.05, 3.63) is 47.0 Å². The van der Waals surface area contributed by atoms with Crippen LogP contribution in [-0.4, -0.2) is 69.0 Å². The van der Waals surface area contributed by atoms with E-state index in [1.807, 2.05) is 24.3 Å². The molecule has 0 bridgehead atoms. The minimum atomic E-state index is -0.578. The Morgan fingerprint density at radius 1 is 1.18 bits per heavy atom. The summed E-state index contributed by atoms with van der Waals surface area (Å²) in [4.78, 5) is 14.8. The molecule has 1 atom stereocenters. The number of aliphatic hydroxyl groups is 1. The molecular formula is C24H32ClN3O5. The molecule has 1 aliphatic heterocycles. The van der Waals surface area contributed by atoms with Crippen LogP contribution in [0.5, 0.6) is 17.2 Å². The van der Waals surface area contributed by atoms with Gasteiger partial charge in [0.2, 0.25) is 0 Å². The SMILES string of the molecule is COc1ccc(OCC(O)CN2CCC(CNC(=O)c3cc(Cl)c(N)cc3OC)CC2)cc1. The van der Waals surface area contributed by atoms with Crippen molar-refractivity contribution in [2.75, 3.05) is 52.7 Å². The molecule has 0 radical (unpaired) electrons. The monoisotopic (exact) mass is 477 g/mol. The number of nitrogens with zero attached hydrogens (tertiary/aromatic N) is 1. The van der Waals surface area contributed by atoms with Gasteiger partial charge in [-0.15, -0.1) is 0 Å². The molecule has 1 fully saturated rings. The van der Waals surface area contributed by atoms with Crippen molar-refractivity contribution in [2.24, 2.45) is 5.92 Å². The van der Waals surface area contributed by atoms with Crippen LogP contribution in [-0.2, 0) is 0 Å². The molecule has 4 N–H and O–H groups in total. The number of rotatable bonds is 10. The molecule has 0 aromatic heterocycles. The molecule has 1 amide bonds. The second kappa shape index (κ2) is 12.0. The highest BCUT2D eigenvalue weighted by molar-refractivity contribution is 6.33. The standard InChI is InChI=1S/C24H32ClN3O5/c1-31-18-3-5-19(6-4-18)33-15-17(29)14-28-9-7-16(8-10-28)13-27-24(30)20-11-21(25)22(26)12-23(20)32-2/h3-6,11-12,16-17,29H,7-10,13-15,26H2,1-2H3,(H,27,30). The molecule has 33 heavy (non-hydrogen) atoms. The second-order valence-corrected chi connectivity index (χ2v) is 8.58. The smallest absolute Gasteiger partial charge is 0.255 e. The van der Waals surface area contributed by atoms with E-state index >= 15 is 0 Å². The van der Waals surface area contributed by atoms with Gasteiger partial charge in [-0.2, -0.15) is 0 Å². The molecule has 8 nitrogen and oxygen atoms in total. The van der Waals surface area contributed by atoms with Crippen LogP contribution in [0.15, 0.2) is 36.4 Å². The summed E-state index contributed by atoms with van der Waals surface area (Å²) in [5.41, 5.74) is 6.52. The number of ether oxygens (including phenoxy) is 3. The van der Waals surface area contributed by atoms with E-state index in [1.165, 1.54) is 13.2 Å². The lowest BCUT2D eigenvalue weighted by atomic mass is 9.96. The molecule has 1 heterocycles. The van der Waals surface area contributed by atoms with Gasteiger partial charge in [0.15, 0.2) is 0 Å². The average molecular weight is 478 g/mol. The van der Waals surface area contributed by atoms with Crippen molar-refractivity contribution < 1.29 is 24.1 Å². The molecule has 0 aliphatic carbocycles. The quantitative estimate of drug-likeness (QED) is 0.452. The number of halogens is 1. The Morgan fingerprint density at radius 2 is 1.85 bits per heavy atom. The summed E-state index contributed by atoms with van der Waals surface area (Å²) in [6.45, 7) is 3.07. The van der Waals surface area contributed by atoms with Crippen LogP contribution < -0.4 is 25.3 Å². The van der Waals surface area contributed by atoms with E-state index in [4.69, 9.17) is 31.5 Å². The summed E-state index contributed by atoms with van der Waals surface area (Å²) >= 11 is 6.06. The number of amides is 1. The number of anilines is 1. The second-order valence-electron chi connectivity index (χ2n) is 8.17. The fourth-order valence-electron chi connectivity index (χ4n) is 3.84. The van der Waals surface area contributed by atoms with Gasteiger partial charge in [-0.3, -0.25) is 4.79 Å². The van der Waals surface area contributed by atoms with E-state index in [0.29, 0.717) is 46.8 Å². The third kappa shape index (κ3) is 7.15. The number of methoxy groups -OCH3 is 2. The highest BCUT2D eigenvalue weighted by Crippen LogP contribution is 2.29. The van der Waals surface area contributed by atoms with Crippen LogP contribution in [0, 0.1) is 5.92 Å². The Balaban J connectivity index is 1.38. The molecule has 3 rings (SSSR count). The van der Waals surface area contributed by atoms with Crippen LogP contribution >= 0.6 is 11.6 Å². The maximum absolute atomic E-state index is 12.6. The van der Waals surface area contributed by atoms with Crippen LogP contribution in [0.1, 0.15) is 23.2 Å². The molecule has 1 unspecified atom stereocenters. The Hall–Kier alpha value is -2.68. The number of nitrogens with one attached hydrogen (secondary N) is 1. The molecule has 2 aromatic rings. The number of nitrogens with two attached hydrogens (primary N) is 1. The first-order valence-corrected chi connectivity index (χ1v) is 11.4. The van der Waals surface area contributed by atoms with E-state index in [1.54, 1.807) is 13.2 Å². The topological polar surface area (TPSA) is 106 Å². The van der Waals surface area contributed by atoms with Gasteiger partial charge >= 0.3 is 0 Å². The number of nitrogen functional groups attached to an aromatic ring is 1. The van der Waals surface area contributed by atoms with Gasteiger partial charge in [0, 0.05) is 19.2 Å². The van der Waals surface area contributed by atoms with E-state index in [2.05, 4.69) is 10.2 Å². The maximum Gasteiger partial charge on any atom is 0.255 e. The van der Waals surface area contributed by atoms with Crippen molar-refractivity contribution in [3.63, 3.8) is 0 Å². The van der Waals surface area contributed by atoms with Gasteiger partial charge in [0.1, 0.15) is 30.0 Å². The number of benzene rings is 2. The van der Waals surface area contributed by atoms with Crippen molar-refractivity contribution >= 4 is 23.2 Å². The third-order valence-electron chi connectivity index (χ3n) is 5.79. The Kier molecular flexibility index (Phi) is 9.05. The van der Waals surface area contributed by atoms with E-state index in [-0.39, 0.29) is 12.5 Å². The summed E-state index contributed by atoms with van der Waals surface area (Å²) in [5.74, 6) is 1.99. The Labute approximate surface area is 199 Å². The fourth-order valence-corrected chi connectivity index (χ4v) is 4.00. The zero-order valence-corrected chi connectivity index (χ0v) is 19.8. The van der Waals surface area contributed by atoms with Crippen LogP contribution in [0.3, 0.4) is 0 Å². The molecule has 2 aromatic carbocycles. The number of aliphatic hydroxyl groups excluding tert-OH is 1. The van der Waals surface area contributed by atoms with Crippen molar-refractivity contribution in [3.8, 4) is 17.2 Å².